The number of carbonyl (C=O) groups excluding carboxylic acids is 1. The van der Waals surface area contributed by atoms with Gasteiger partial charge >= 0.3 is 0 Å². The van der Waals surface area contributed by atoms with Crippen LogP contribution >= 0.6 is 11.8 Å². The highest BCUT2D eigenvalue weighted by Crippen LogP contribution is 2.20. The predicted molar refractivity (Wildman–Crippen MR) is 72.2 cm³/mol. The SMILES string of the molecule is C=CCN(CCO)C(=O)CSC1CCNCC1. The molecule has 17 heavy (non-hydrogen) atoms. The van der Waals surface area contributed by atoms with Gasteiger partial charge in [-0.2, -0.15) is 0 Å². The van der Waals surface area contributed by atoms with Crippen LogP contribution in [0.4, 0.5) is 0 Å². The molecule has 0 unspecified atom stereocenters. The van der Waals surface area contributed by atoms with Crippen molar-refractivity contribution in [3.05, 3.63) is 12.7 Å². The standard InChI is InChI=1S/C12H22N2O2S/c1-2-7-14(8-9-15)12(16)10-17-11-3-5-13-6-4-11/h2,11,13,15H,1,3-10H2. The lowest BCUT2D eigenvalue weighted by Gasteiger charge is -2.24. The molecule has 98 valence electrons. The van der Waals surface area contributed by atoms with E-state index in [2.05, 4.69) is 11.9 Å². The number of nitrogens with zero attached hydrogens (tertiary/aromatic N) is 1. The molecule has 1 fully saturated rings. The second-order valence-electron chi connectivity index (χ2n) is 4.11. The van der Waals surface area contributed by atoms with E-state index < -0.39 is 0 Å². The summed E-state index contributed by atoms with van der Waals surface area (Å²) in [4.78, 5) is 13.6. The first-order valence-electron chi connectivity index (χ1n) is 6.09. The van der Waals surface area contributed by atoms with Crippen LogP contribution in [0.2, 0.25) is 0 Å². The first-order chi connectivity index (χ1) is 8.27. The van der Waals surface area contributed by atoms with Crippen LogP contribution in [0.15, 0.2) is 12.7 Å². The molecule has 4 nitrogen and oxygen atoms in total. The maximum absolute atomic E-state index is 11.9. The number of hydrogen-bond donors (Lipinski definition) is 2. The second kappa shape index (κ2) is 8.55. The average molecular weight is 258 g/mol. The van der Waals surface area contributed by atoms with E-state index >= 15 is 0 Å². The Morgan fingerprint density at radius 3 is 2.82 bits per heavy atom. The molecule has 5 heteroatoms. The van der Waals surface area contributed by atoms with Crippen molar-refractivity contribution in [2.45, 2.75) is 18.1 Å². The lowest BCUT2D eigenvalue weighted by molar-refractivity contribution is -0.128. The van der Waals surface area contributed by atoms with E-state index in [1.807, 2.05) is 0 Å². The van der Waals surface area contributed by atoms with Crippen LogP contribution in [-0.2, 0) is 4.79 Å². The van der Waals surface area contributed by atoms with Crippen LogP contribution in [0.5, 0.6) is 0 Å². The summed E-state index contributed by atoms with van der Waals surface area (Å²) in [6.45, 7) is 6.67. The summed E-state index contributed by atoms with van der Waals surface area (Å²) in [5.41, 5.74) is 0. The molecule has 0 aromatic rings. The molecule has 0 spiro atoms. The molecule has 1 heterocycles. The number of nitrogens with one attached hydrogen (secondary N) is 1. The van der Waals surface area contributed by atoms with Crippen molar-refractivity contribution in [2.75, 3.05) is 38.5 Å². The molecule has 0 aromatic heterocycles. The van der Waals surface area contributed by atoms with Crippen molar-refractivity contribution in [1.29, 1.82) is 0 Å². The quantitative estimate of drug-likeness (QED) is 0.652. The van der Waals surface area contributed by atoms with Crippen LogP contribution in [0.3, 0.4) is 0 Å². The van der Waals surface area contributed by atoms with E-state index in [0.717, 1.165) is 25.9 Å². The van der Waals surface area contributed by atoms with Gasteiger partial charge in [0.1, 0.15) is 0 Å². The highest BCUT2D eigenvalue weighted by Gasteiger charge is 2.17. The Hall–Kier alpha value is -0.520. The summed E-state index contributed by atoms with van der Waals surface area (Å²) < 4.78 is 0. The number of aliphatic hydroxyl groups excluding tert-OH is 1. The Balaban J connectivity index is 2.27. The van der Waals surface area contributed by atoms with E-state index in [4.69, 9.17) is 5.11 Å². The third-order valence-electron chi connectivity index (χ3n) is 2.80. The summed E-state index contributed by atoms with van der Waals surface area (Å²) in [7, 11) is 0. The van der Waals surface area contributed by atoms with E-state index in [1.165, 1.54) is 0 Å². The summed E-state index contributed by atoms with van der Waals surface area (Å²) in [5.74, 6) is 0.612. The normalized spacial score (nSPS) is 16.8. The number of piperidine rings is 1. The molecule has 2 N–H and O–H groups in total. The fraction of sp³-hybridized carbons (Fsp3) is 0.750. The molecular formula is C12H22N2O2S. The van der Waals surface area contributed by atoms with Crippen molar-refractivity contribution in [1.82, 2.24) is 10.2 Å². The van der Waals surface area contributed by atoms with Gasteiger partial charge in [-0.15, -0.1) is 18.3 Å². The van der Waals surface area contributed by atoms with Gasteiger partial charge in [0.25, 0.3) is 0 Å². The zero-order valence-electron chi connectivity index (χ0n) is 10.2. The minimum atomic E-state index is 0.0115. The number of rotatable bonds is 7. The molecule has 0 aromatic carbocycles. The molecule has 1 rings (SSSR count). The van der Waals surface area contributed by atoms with Gasteiger partial charge in [-0.25, -0.2) is 0 Å². The van der Waals surface area contributed by atoms with Gasteiger partial charge in [0, 0.05) is 18.3 Å². The first kappa shape index (κ1) is 14.5. The predicted octanol–water partition coefficient (Wildman–Crippen LogP) is 0.478. The van der Waals surface area contributed by atoms with E-state index in [-0.39, 0.29) is 12.5 Å². The van der Waals surface area contributed by atoms with Crippen molar-refractivity contribution in [3.63, 3.8) is 0 Å². The first-order valence-corrected chi connectivity index (χ1v) is 7.14. The summed E-state index contributed by atoms with van der Waals surface area (Å²) in [5, 5.41) is 12.8. The number of aliphatic hydroxyl groups is 1. The fourth-order valence-corrected chi connectivity index (χ4v) is 2.97. The Bertz CT molecular complexity index is 243. The van der Waals surface area contributed by atoms with Crippen molar-refractivity contribution in [2.24, 2.45) is 0 Å². The molecule has 1 aliphatic heterocycles. The Morgan fingerprint density at radius 2 is 2.24 bits per heavy atom. The molecule has 0 aliphatic carbocycles. The van der Waals surface area contributed by atoms with E-state index in [0.29, 0.717) is 24.1 Å². The minimum Gasteiger partial charge on any atom is -0.395 e. The van der Waals surface area contributed by atoms with Crippen molar-refractivity contribution < 1.29 is 9.90 Å². The molecule has 0 radical (unpaired) electrons. The molecular weight excluding hydrogens is 236 g/mol. The summed E-state index contributed by atoms with van der Waals surface area (Å²) in [6.07, 6.45) is 3.97. The van der Waals surface area contributed by atoms with Crippen molar-refractivity contribution >= 4 is 17.7 Å². The third kappa shape index (κ3) is 5.57. The maximum atomic E-state index is 11.9. The number of amides is 1. The lowest BCUT2D eigenvalue weighted by Crippen LogP contribution is -2.36. The Kier molecular flexibility index (Phi) is 7.32. The zero-order chi connectivity index (χ0) is 12.5. The smallest absolute Gasteiger partial charge is 0.232 e. The molecule has 1 amide bonds. The Labute approximate surface area is 107 Å². The topological polar surface area (TPSA) is 52.6 Å². The lowest BCUT2D eigenvalue weighted by atomic mass is 10.2. The number of thioether (sulfide) groups is 1. The molecule has 1 saturated heterocycles. The molecule has 0 bridgehead atoms. The number of hydrogen-bond acceptors (Lipinski definition) is 4. The van der Waals surface area contributed by atoms with Gasteiger partial charge in [-0.1, -0.05) is 6.08 Å². The van der Waals surface area contributed by atoms with Crippen LogP contribution in [0.1, 0.15) is 12.8 Å². The minimum absolute atomic E-state index is 0.0115. The van der Waals surface area contributed by atoms with Gasteiger partial charge in [0.2, 0.25) is 5.91 Å². The molecule has 1 aliphatic rings. The van der Waals surface area contributed by atoms with E-state index in [1.54, 1.807) is 22.7 Å². The zero-order valence-corrected chi connectivity index (χ0v) is 11.0. The fourth-order valence-electron chi connectivity index (χ4n) is 1.84. The van der Waals surface area contributed by atoms with Crippen LogP contribution in [0.25, 0.3) is 0 Å². The Morgan fingerprint density at radius 1 is 1.53 bits per heavy atom. The van der Waals surface area contributed by atoms with Gasteiger partial charge < -0.3 is 15.3 Å². The largest absolute Gasteiger partial charge is 0.395 e. The van der Waals surface area contributed by atoms with Crippen molar-refractivity contribution in [3.8, 4) is 0 Å². The average Bonchev–Trinajstić information content (AvgIpc) is 2.37. The van der Waals surface area contributed by atoms with Gasteiger partial charge in [0.05, 0.1) is 12.4 Å². The monoisotopic (exact) mass is 258 g/mol. The number of carbonyl (C=O) groups is 1. The molecule has 0 atom stereocenters. The van der Waals surface area contributed by atoms with Gasteiger partial charge in [-0.05, 0) is 25.9 Å². The third-order valence-corrected chi connectivity index (χ3v) is 4.16. The highest BCUT2D eigenvalue weighted by atomic mass is 32.2. The van der Waals surface area contributed by atoms with Crippen LogP contribution in [-0.4, -0.2) is 59.7 Å². The van der Waals surface area contributed by atoms with Gasteiger partial charge in [0.15, 0.2) is 0 Å². The summed E-state index contributed by atoms with van der Waals surface area (Å²) >= 11 is 1.74. The van der Waals surface area contributed by atoms with Crippen LogP contribution < -0.4 is 5.32 Å². The highest BCUT2D eigenvalue weighted by molar-refractivity contribution is 8.00. The second-order valence-corrected chi connectivity index (χ2v) is 5.40. The van der Waals surface area contributed by atoms with E-state index in [9.17, 15) is 4.79 Å². The summed E-state index contributed by atoms with van der Waals surface area (Å²) in [6, 6.07) is 0. The molecule has 0 saturated carbocycles. The van der Waals surface area contributed by atoms with Gasteiger partial charge in [-0.3, -0.25) is 4.79 Å². The maximum Gasteiger partial charge on any atom is 0.232 e. The van der Waals surface area contributed by atoms with Crippen LogP contribution in [0, 0.1) is 0 Å².